The Kier molecular flexibility index (Phi) is 16.3. The van der Waals surface area contributed by atoms with Crippen LogP contribution in [0, 0.1) is 0 Å². The van der Waals surface area contributed by atoms with E-state index in [0.29, 0.717) is 11.5 Å². The van der Waals surface area contributed by atoms with Crippen molar-refractivity contribution >= 4 is 11.8 Å². The second kappa shape index (κ2) is 20.0. The lowest BCUT2D eigenvalue weighted by molar-refractivity contribution is 0.432. The molecule has 306 valence electrons. The summed E-state index contributed by atoms with van der Waals surface area (Å²) in [5, 5.41) is 23.4. The highest BCUT2D eigenvalue weighted by Gasteiger charge is 2.34. The molecule has 0 aliphatic heterocycles. The van der Waals surface area contributed by atoms with Gasteiger partial charge in [-0.15, -0.1) is 0 Å². The molecule has 2 unspecified atom stereocenters. The largest absolute Gasteiger partial charge is 0.507 e. The summed E-state index contributed by atoms with van der Waals surface area (Å²) in [7, 11) is 0. The highest BCUT2D eigenvalue weighted by Crippen LogP contribution is 2.46. The van der Waals surface area contributed by atoms with E-state index in [4.69, 9.17) is 0 Å². The number of hydrogen-bond acceptors (Lipinski definition) is 3. The SMILES string of the molecule is CCC(C)(c1ccccc1)c1cc(C(C)(C)C)cc(CSC2CCCCCCC2)c1O.CCCCc1cc(C(C)(C)C)cc(C(C)(CC)c2ccccc2)c1O. The Morgan fingerprint density at radius 1 is 0.536 bits per heavy atom. The quantitative estimate of drug-likeness (QED) is 0.151. The average molecular weight is 777 g/mol. The molecule has 2 N–H and O–H groups in total. The van der Waals surface area contributed by atoms with Gasteiger partial charge >= 0.3 is 0 Å². The van der Waals surface area contributed by atoms with Gasteiger partial charge in [-0.2, -0.15) is 11.8 Å². The minimum Gasteiger partial charge on any atom is -0.507 e. The van der Waals surface area contributed by atoms with E-state index in [9.17, 15) is 10.2 Å². The molecule has 1 saturated carbocycles. The molecule has 1 fully saturated rings. The van der Waals surface area contributed by atoms with Crippen LogP contribution in [-0.2, 0) is 33.8 Å². The van der Waals surface area contributed by atoms with E-state index in [1.165, 1.54) is 67.2 Å². The fourth-order valence-electron chi connectivity index (χ4n) is 8.27. The van der Waals surface area contributed by atoms with E-state index in [1.807, 2.05) is 0 Å². The maximum Gasteiger partial charge on any atom is 0.123 e. The van der Waals surface area contributed by atoms with Gasteiger partial charge in [0.1, 0.15) is 11.5 Å². The third-order valence-corrected chi connectivity index (χ3v) is 14.3. The van der Waals surface area contributed by atoms with Gasteiger partial charge in [0.2, 0.25) is 0 Å². The predicted molar refractivity (Wildman–Crippen MR) is 246 cm³/mol. The Morgan fingerprint density at radius 3 is 1.36 bits per heavy atom. The van der Waals surface area contributed by atoms with Crippen LogP contribution in [-0.4, -0.2) is 15.5 Å². The molecule has 4 aromatic rings. The van der Waals surface area contributed by atoms with E-state index < -0.39 is 0 Å². The highest BCUT2D eigenvalue weighted by atomic mass is 32.2. The molecule has 0 radical (unpaired) electrons. The average Bonchev–Trinajstić information content (AvgIpc) is 3.17. The van der Waals surface area contributed by atoms with E-state index in [1.54, 1.807) is 0 Å². The second-order valence-electron chi connectivity index (χ2n) is 19.0. The molecule has 1 aliphatic rings. The van der Waals surface area contributed by atoms with Crippen LogP contribution in [0.25, 0.3) is 0 Å². The van der Waals surface area contributed by atoms with Crippen molar-refractivity contribution in [3.63, 3.8) is 0 Å². The molecular weight excluding hydrogens is 701 g/mol. The molecule has 3 heteroatoms. The molecule has 0 aromatic heterocycles. The molecule has 0 bridgehead atoms. The summed E-state index contributed by atoms with van der Waals surface area (Å²) in [5.74, 6) is 1.91. The standard InChI is InChI=1S/C29H42OS.C24H34O/c1-6-29(5,23-15-11-10-12-16-23)26-20-24(28(2,3)4)19-22(27(26)30)21-31-25-17-13-8-7-9-14-18-25;1-7-9-13-18-16-20(23(3,4)5)17-21(22(18)25)24(6,8-2)19-14-11-10-12-15-19/h10-12,15-16,19-20,25,30H,6-9,13-14,17-18,21H2,1-5H3;10-12,14-17,25H,7-9,13H2,1-6H3. The van der Waals surface area contributed by atoms with Crippen molar-refractivity contribution in [3.05, 3.63) is 129 Å². The molecule has 0 spiro atoms. The number of phenols is 2. The zero-order chi connectivity index (χ0) is 41.1. The Morgan fingerprint density at radius 2 is 0.946 bits per heavy atom. The summed E-state index contributed by atoms with van der Waals surface area (Å²) < 4.78 is 0. The third kappa shape index (κ3) is 11.3. The van der Waals surface area contributed by atoms with Crippen molar-refractivity contribution in [2.45, 2.75) is 186 Å². The zero-order valence-corrected chi connectivity index (χ0v) is 38.0. The fourth-order valence-corrected chi connectivity index (χ4v) is 9.57. The maximum atomic E-state index is 11.5. The molecule has 4 aromatic carbocycles. The van der Waals surface area contributed by atoms with Gasteiger partial charge in [0.15, 0.2) is 0 Å². The number of phenolic OH excluding ortho intramolecular Hbond substituents is 2. The second-order valence-corrected chi connectivity index (χ2v) is 20.3. The number of aromatic hydroxyl groups is 2. The van der Waals surface area contributed by atoms with E-state index >= 15 is 0 Å². The monoisotopic (exact) mass is 777 g/mol. The Balaban J connectivity index is 0.000000255. The molecular formula is C53H76O2S. The minimum atomic E-state index is -0.202. The van der Waals surface area contributed by atoms with Gasteiger partial charge in [0.05, 0.1) is 0 Å². The van der Waals surface area contributed by atoms with Gasteiger partial charge in [0, 0.05) is 38.5 Å². The Bertz CT molecular complexity index is 1790. The summed E-state index contributed by atoms with van der Waals surface area (Å²) >= 11 is 2.07. The van der Waals surface area contributed by atoms with Crippen molar-refractivity contribution in [3.8, 4) is 11.5 Å². The van der Waals surface area contributed by atoms with Crippen LogP contribution in [0.2, 0.25) is 0 Å². The van der Waals surface area contributed by atoms with Crippen molar-refractivity contribution in [2.24, 2.45) is 0 Å². The van der Waals surface area contributed by atoms with E-state index in [-0.39, 0.29) is 21.7 Å². The predicted octanol–water partition coefficient (Wildman–Crippen LogP) is 15.5. The van der Waals surface area contributed by atoms with Gasteiger partial charge in [-0.25, -0.2) is 0 Å². The Labute approximate surface area is 347 Å². The molecule has 0 heterocycles. The van der Waals surface area contributed by atoms with Crippen LogP contribution in [0.5, 0.6) is 11.5 Å². The highest BCUT2D eigenvalue weighted by molar-refractivity contribution is 7.99. The summed E-state index contributed by atoms with van der Waals surface area (Å²) in [6, 6.07) is 30.3. The van der Waals surface area contributed by atoms with Crippen LogP contribution < -0.4 is 0 Å². The lowest BCUT2D eigenvalue weighted by Gasteiger charge is -2.33. The summed E-state index contributed by atoms with van der Waals surface area (Å²) in [5.41, 5.74) is 9.26. The first kappa shape index (κ1) is 45.5. The van der Waals surface area contributed by atoms with Crippen molar-refractivity contribution in [1.29, 1.82) is 0 Å². The van der Waals surface area contributed by atoms with Crippen LogP contribution >= 0.6 is 11.8 Å². The smallest absolute Gasteiger partial charge is 0.123 e. The number of benzene rings is 4. The summed E-state index contributed by atoms with van der Waals surface area (Å²) in [6.07, 6.45) is 14.6. The molecule has 5 rings (SSSR count). The number of rotatable bonds is 12. The first-order valence-electron chi connectivity index (χ1n) is 22.0. The fraction of sp³-hybridized carbons (Fsp3) is 0.547. The minimum absolute atomic E-state index is 0.0490. The van der Waals surface area contributed by atoms with Crippen LogP contribution in [0.15, 0.2) is 84.9 Å². The molecule has 2 atom stereocenters. The zero-order valence-electron chi connectivity index (χ0n) is 37.2. The van der Waals surface area contributed by atoms with Gasteiger partial charge in [0.25, 0.3) is 0 Å². The summed E-state index contributed by atoms with van der Waals surface area (Å²) in [6.45, 7) is 24.8. The normalized spacial score (nSPS) is 16.5. The van der Waals surface area contributed by atoms with Gasteiger partial charge < -0.3 is 10.2 Å². The van der Waals surface area contributed by atoms with Crippen LogP contribution in [0.3, 0.4) is 0 Å². The number of unbranched alkanes of at least 4 members (excludes halogenated alkanes) is 1. The molecule has 0 amide bonds. The number of aryl methyl sites for hydroxylation is 1. The molecule has 56 heavy (non-hydrogen) atoms. The summed E-state index contributed by atoms with van der Waals surface area (Å²) in [4.78, 5) is 0. The van der Waals surface area contributed by atoms with E-state index in [0.717, 1.165) is 65.4 Å². The third-order valence-electron chi connectivity index (χ3n) is 12.9. The van der Waals surface area contributed by atoms with Crippen LogP contribution in [0.1, 0.15) is 191 Å². The topological polar surface area (TPSA) is 40.5 Å². The van der Waals surface area contributed by atoms with Crippen molar-refractivity contribution in [1.82, 2.24) is 0 Å². The Hall–Kier alpha value is -3.17. The van der Waals surface area contributed by atoms with Gasteiger partial charge in [-0.05, 0) is 77.2 Å². The maximum absolute atomic E-state index is 11.5. The lowest BCUT2D eigenvalue weighted by atomic mass is 9.71. The number of thioether (sulfide) groups is 1. The van der Waals surface area contributed by atoms with Crippen molar-refractivity contribution < 1.29 is 10.2 Å². The lowest BCUT2D eigenvalue weighted by Crippen LogP contribution is -2.24. The first-order valence-corrected chi connectivity index (χ1v) is 23.0. The van der Waals surface area contributed by atoms with Crippen molar-refractivity contribution in [2.75, 3.05) is 0 Å². The first-order chi connectivity index (χ1) is 26.5. The van der Waals surface area contributed by atoms with E-state index in [2.05, 4.69) is 173 Å². The number of hydrogen-bond donors (Lipinski definition) is 2. The molecule has 0 saturated heterocycles. The van der Waals surface area contributed by atoms with Gasteiger partial charge in [-0.1, -0.05) is 200 Å². The molecule has 1 aliphatic carbocycles. The van der Waals surface area contributed by atoms with Crippen LogP contribution in [0.4, 0.5) is 0 Å². The molecule has 2 nitrogen and oxygen atoms in total. The van der Waals surface area contributed by atoms with Gasteiger partial charge in [-0.3, -0.25) is 0 Å².